The Morgan fingerprint density at radius 3 is 0.383 bits per heavy atom. The topological polar surface area (TPSA) is 355 Å². The van der Waals surface area contributed by atoms with Crippen molar-refractivity contribution in [1.29, 1.82) is 32.5 Å². The first-order valence-electron chi connectivity index (χ1n) is 24.6. The van der Waals surface area contributed by atoms with Crippen molar-refractivity contribution in [1.82, 2.24) is 0 Å². The number of ether oxygens (including phenoxy) is 6. The number of benzene rings is 6. The Morgan fingerprint density at radius 2 is 0.298 bits per heavy atom. The van der Waals surface area contributed by atoms with Crippen LogP contribution in [0.5, 0.6) is 34.5 Å². The molecule has 0 heterocycles. The summed E-state index contributed by atoms with van der Waals surface area (Å²) in [5, 5.41) is 44.0. The third-order valence-electron chi connectivity index (χ3n) is 11.0. The molecule has 0 aliphatic rings. The van der Waals surface area contributed by atoms with Gasteiger partial charge in [0.25, 0.3) is 0 Å². The van der Waals surface area contributed by atoms with E-state index in [4.69, 9.17) is 95.3 Å². The minimum atomic E-state index is 0. The Kier molecular flexibility index (Phi) is 111. The molecule has 0 unspecified atom stereocenters. The number of halogens is 14. The van der Waals surface area contributed by atoms with Gasteiger partial charge in [0.05, 0.1) is 39.6 Å². The molecule has 0 saturated heterocycles. The predicted octanol–water partition coefficient (Wildman–Crippen LogP) is -32.9. The Hall–Kier alpha value is -1.56. The smallest absolute Gasteiger partial charge is 1.00 e. The maximum absolute atomic E-state index is 7.34. The van der Waals surface area contributed by atoms with Crippen LogP contribution in [0.25, 0.3) is 0 Å². The molecule has 0 amide bonds. The molecule has 37 heteroatoms. The molecule has 0 fully saturated rings. The molecule has 6 aromatic rings. The second-order valence-electron chi connectivity index (χ2n) is 16.9. The van der Waals surface area contributed by atoms with Gasteiger partial charge < -0.3 is 237 Å². The molecule has 0 bridgehead atoms. The Labute approximate surface area is 717 Å². The molecule has 94 heavy (non-hydrogen) atoms. The first kappa shape index (κ1) is 132. The molecule has 18 N–H and O–H groups in total. The molecule has 0 aliphatic carbocycles. The normalized spacial score (nSPS) is 8.17. The molecule has 6 aromatic carbocycles. The Balaban J connectivity index is -0.0000000463. The van der Waals surface area contributed by atoms with Crippen molar-refractivity contribution in [2.45, 2.75) is 57.8 Å². The monoisotopic (exact) mass is 2490 g/mol. The van der Waals surface area contributed by atoms with Crippen LogP contribution in [-0.4, -0.2) is 74.7 Å². The molecule has 0 atom stereocenters. The number of hydrogen-bond acceptors (Lipinski definition) is 12. The number of amidine groups is 6. The van der Waals surface area contributed by atoms with E-state index in [1.165, 1.54) is 0 Å². The molecular formula is C57H76Cl14N12O6Pt5. The molecule has 0 spiro atoms. The molecular weight excluding hydrogens is 2420 g/mol. The fourth-order valence-electron chi connectivity index (χ4n) is 6.67. The summed E-state index contributed by atoms with van der Waals surface area (Å²) in [6, 6.07) is 43.3. The molecule has 6 rings (SSSR count). The standard InChI is InChI=1S/3C19H24N4O2.14ClH.5Pt/c3*20-18(21)14-4-8-16(9-5-14)24-12-2-1-3-13-25-17-10-6-15(7-11-17)19(22)23;;;;;;;;;;;;;;;;;;;/h3*4-11H,1-3,12-13H2,(H3,20,21)(H3,22,23);14*1H;;;;;/q;;;;;;;;;;;;;;;;;5*+2/p-10. The quantitative estimate of drug-likeness (QED) is 0.0114. The summed E-state index contributed by atoms with van der Waals surface area (Å²) in [4.78, 5) is 0. The van der Waals surface area contributed by atoms with Gasteiger partial charge in [0, 0.05) is 33.4 Å². The van der Waals surface area contributed by atoms with Gasteiger partial charge in [-0.15, -0.1) is 0 Å². The summed E-state index contributed by atoms with van der Waals surface area (Å²) in [5.74, 6) is 5.05. The number of hydrogen-bond donors (Lipinski definition) is 12. The molecule has 0 saturated carbocycles. The van der Waals surface area contributed by atoms with E-state index >= 15 is 0 Å². The number of nitrogens with one attached hydrogen (secondary N) is 6. The zero-order valence-corrected chi connectivity index (χ0v) is 71.2. The van der Waals surface area contributed by atoms with Crippen LogP contribution in [0.2, 0.25) is 0 Å². The van der Waals surface area contributed by atoms with Crippen molar-refractivity contribution in [3.05, 3.63) is 179 Å². The van der Waals surface area contributed by atoms with E-state index in [0.29, 0.717) is 73.0 Å². The van der Waals surface area contributed by atoms with Gasteiger partial charge in [0.2, 0.25) is 0 Å². The van der Waals surface area contributed by atoms with E-state index < -0.39 is 0 Å². The van der Waals surface area contributed by atoms with Crippen LogP contribution in [0.3, 0.4) is 0 Å². The summed E-state index contributed by atoms with van der Waals surface area (Å²) in [6.45, 7) is 3.87. The summed E-state index contributed by atoms with van der Waals surface area (Å²) >= 11 is 0. The van der Waals surface area contributed by atoms with Gasteiger partial charge in [-0.05, 0) is 203 Å². The van der Waals surface area contributed by atoms with Crippen LogP contribution in [0.1, 0.15) is 96.9 Å². The fourth-order valence-corrected chi connectivity index (χ4v) is 6.67. The van der Waals surface area contributed by atoms with E-state index in [9.17, 15) is 0 Å². The maximum atomic E-state index is 7.34. The van der Waals surface area contributed by atoms with E-state index in [1.54, 1.807) is 72.8 Å². The van der Waals surface area contributed by atoms with Crippen molar-refractivity contribution in [2.75, 3.05) is 39.6 Å². The van der Waals surface area contributed by atoms with Gasteiger partial charge in [-0.3, -0.25) is 32.5 Å². The maximum Gasteiger partial charge on any atom is 2.00 e. The van der Waals surface area contributed by atoms with Crippen LogP contribution in [0, 0.1) is 32.5 Å². The SMILES string of the molecule is N=C(N)c1ccc(OCCCCCOc2ccc(C(=N)N)cc2)cc1.N=C(N)c1ccc(OCCCCCOc2ccc(C(=N)N)cc2)cc1.N=C(N)c1ccc(OCCCCCOc2ccc(C(=N)N)cc2)cc1.[Cl-].[Cl-].[Cl-].[Cl-].[Cl-].[Cl-].[Cl-].[Cl-].[Cl-].[Cl-].[Cl-].[Cl-].[Cl-].[Cl-].[H+].[H+].[H+].[H+].[Pt+2].[Pt+2].[Pt+2].[Pt+2].[Pt+2]. The Bertz CT molecular complexity index is 2310. The van der Waals surface area contributed by atoms with Gasteiger partial charge in [-0.25, -0.2) is 0 Å². The summed E-state index contributed by atoms with van der Waals surface area (Å²) in [5.41, 5.74) is 36.6. The van der Waals surface area contributed by atoms with Gasteiger partial charge in [-0.1, -0.05) is 0 Å². The Morgan fingerprint density at radius 1 is 0.202 bits per heavy atom. The molecule has 0 radical (unpaired) electrons. The first-order chi connectivity index (χ1) is 36.2. The van der Waals surface area contributed by atoms with Gasteiger partial charge in [-0.2, -0.15) is 0 Å². The fraction of sp³-hybridized carbons (Fsp3) is 0.263. The molecule has 0 aromatic heterocycles. The van der Waals surface area contributed by atoms with Gasteiger partial charge in [0.1, 0.15) is 69.5 Å². The van der Waals surface area contributed by atoms with Crippen molar-refractivity contribution in [3.8, 4) is 34.5 Å². The van der Waals surface area contributed by atoms with Gasteiger partial charge in [0.15, 0.2) is 0 Å². The van der Waals surface area contributed by atoms with Gasteiger partial charge >= 0.3 is 111 Å². The second-order valence-corrected chi connectivity index (χ2v) is 16.9. The third kappa shape index (κ3) is 57.2. The van der Waals surface area contributed by atoms with E-state index in [0.717, 1.165) is 92.3 Å². The number of unbranched alkanes of at least 4 members (excludes halogenated alkanes) is 6. The van der Waals surface area contributed by atoms with Crippen molar-refractivity contribution in [3.63, 3.8) is 0 Å². The van der Waals surface area contributed by atoms with E-state index in [2.05, 4.69) is 0 Å². The zero-order valence-electron chi connectivity index (χ0n) is 53.2. The van der Waals surface area contributed by atoms with E-state index in [-0.39, 0.29) is 320 Å². The van der Waals surface area contributed by atoms with Crippen molar-refractivity contribution in [2.24, 2.45) is 34.4 Å². The predicted molar refractivity (Wildman–Crippen MR) is 304 cm³/mol. The molecule has 548 valence electrons. The summed E-state index contributed by atoms with van der Waals surface area (Å²) < 4.78 is 33.9. The largest absolute Gasteiger partial charge is 2.00 e. The third-order valence-corrected chi connectivity index (χ3v) is 11.0. The minimum absolute atomic E-state index is 0. The molecule has 18 nitrogen and oxygen atoms in total. The van der Waals surface area contributed by atoms with Crippen LogP contribution >= 0.6 is 0 Å². The zero-order chi connectivity index (χ0) is 54.2. The average Bonchev–Trinajstić information content (AvgIpc) is 3.41. The summed E-state index contributed by atoms with van der Waals surface area (Å²) in [6.07, 6.45) is 8.71. The summed E-state index contributed by atoms with van der Waals surface area (Å²) in [7, 11) is 0. The van der Waals surface area contributed by atoms with Crippen LogP contribution in [-0.2, 0) is 105 Å². The van der Waals surface area contributed by atoms with Crippen LogP contribution < -0.4 is 237 Å². The number of nitrogen functional groups attached to an aromatic ring is 6. The molecule has 0 aliphatic heterocycles. The number of rotatable bonds is 30. The van der Waals surface area contributed by atoms with Crippen LogP contribution in [0.15, 0.2) is 146 Å². The van der Waals surface area contributed by atoms with Crippen molar-refractivity contribution < 1.29 is 313 Å². The number of nitrogens with two attached hydrogens (primary N) is 6. The second kappa shape index (κ2) is 78.8. The minimum Gasteiger partial charge on any atom is -1.00 e. The van der Waals surface area contributed by atoms with Crippen LogP contribution in [0.4, 0.5) is 0 Å². The average molecular weight is 2500 g/mol. The first-order valence-corrected chi connectivity index (χ1v) is 24.6. The van der Waals surface area contributed by atoms with Crippen molar-refractivity contribution >= 4 is 35.0 Å². The van der Waals surface area contributed by atoms with E-state index in [1.807, 2.05) is 72.8 Å².